The largest absolute Gasteiger partial charge is 0.379 e. The number of benzene rings is 1. The van der Waals surface area contributed by atoms with Crippen molar-refractivity contribution in [3.63, 3.8) is 0 Å². The molecule has 2 saturated heterocycles. The second-order valence-electron chi connectivity index (χ2n) is 7.54. The maximum atomic E-state index is 11.8. The van der Waals surface area contributed by atoms with Crippen LogP contribution >= 0.6 is 11.8 Å². The third-order valence-corrected chi connectivity index (χ3v) is 6.27. The SMILES string of the molecule is CN(C)C(=O)Sc1ccc(CN2CCC(CN3CCOCC3)CC2)cc1. The second-order valence-corrected chi connectivity index (χ2v) is 8.56. The molecule has 3 rings (SSSR count). The van der Waals surface area contributed by atoms with Crippen LogP contribution in [0.4, 0.5) is 4.79 Å². The predicted octanol–water partition coefficient (Wildman–Crippen LogP) is 3.00. The summed E-state index contributed by atoms with van der Waals surface area (Å²) in [5, 5.41) is 0.0695. The number of hydrogen-bond acceptors (Lipinski definition) is 5. The molecule has 0 aromatic heterocycles. The van der Waals surface area contributed by atoms with E-state index in [1.807, 2.05) is 0 Å². The number of carbonyl (C=O) groups excluding carboxylic acids is 1. The van der Waals surface area contributed by atoms with Gasteiger partial charge in [0.05, 0.1) is 13.2 Å². The number of likely N-dealkylation sites (tertiary alicyclic amines) is 1. The van der Waals surface area contributed by atoms with Crippen LogP contribution in [0.2, 0.25) is 0 Å². The van der Waals surface area contributed by atoms with Gasteiger partial charge in [-0.25, -0.2) is 0 Å². The third kappa shape index (κ3) is 5.98. The molecule has 0 radical (unpaired) electrons. The van der Waals surface area contributed by atoms with E-state index in [2.05, 4.69) is 34.1 Å². The monoisotopic (exact) mass is 377 g/mol. The molecule has 0 saturated carbocycles. The average molecular weight is 378 g/mol. The van der Waals surface area contributed by atoms with Crippen molar-refractivity contribution in [1.82, 2.24) is 14.7 Å². The zero-order valence-electron chi connectivity index (χ0n) is 16.0. The van der Waals surface area contributed by atoms with Gasteiger partial charge in [-0.3, -0.25) is 14.6 Å². The Hall–Kier alpha value is -1.08. The van der Waals surface area contributed by atoms with Crippen LogP contribution in [0.1, 0.15) is 18.4 Å². The Kier molecular flexibility index (Phi) is 7.37. The first kappa shape index (κ1) is 19.7. The first-order valence-corrected chi connectivity index (χ1v) is 10.4. The Balaban J connectivity index is 1.40. The molecule has 0 unspecified atom stereocenters. The van der Waals surface area contributed by atoms with Gasteiger partial charge in [-0.15, -0.1) is 0 Å². The van der Waals surface area contributed by atoms with E-state index in [1.165, 1.54) is 49.8 Å². The smallest absolute Gasteiger partial charge is 0.285 e. The number of carbonyl (C=O) groups is 1. The first-order valence-electron chi connectivity index (χ1n) is 9.60. The van der Waals surface area contributed by atoms with Crippen molar-refractivity contribution in [3.05, 3.63) is 29.8 Å². The lowest BCUT2D eigenvalue weighted by atomic mass is 9.95. The van der Waals surface area contributed by atoms with E-state index in [4.69, 9.17) is 4.74 Å². The molecule has 1 amide bonds. The minimum Gasteiger partial charge on any atom is -0.379 e. The van der Waals surface area contributed by atoms with Crippen molar-refractivity contribution in [1.29, 1.82) is 0 Å². The average Bonchev–Trinajstić information content (AvgIpc) is 2.66. The highest BCUT2D eigenvalue weighted by Crippen LogP contribution is 2.23. The van der Waals surface area contributed by atoms with Crippen molar-refractivity contribution >= 4 is 17.0 Å². The highest BCUT2D eigenvalue weighted by Gasteiger charge is 2.22. The summed E-state index contributed by atoms with van der Waals surface area (Å²) < 4.78 is 5.44. The lowest BCUT2D eigenvalue weighted by Crippen LogP contribution is -2.42. The maximum absolute atomic E-state index is 11.8. The van der Waals surface area contributed by atoms with Gasteiger partial charge in [-0.05, 0) is 61.3 Å². The molecule has 6 heteroatoms. The van der Waals surface area contributed by atoms with Crippen LogP contribution < -0.4 is 0 Å². The molecule has 2 fully saturated rings. The standard InChI is InChI=1S/C20H31N3O2S/c1-21(2)20(24)26-19-5-3-17(4-6-19)15-22-9-7-18(8-10-22)16-23-11-13-25-14-12-23/h3-6,18H,7-16H2,1-2H3. The van der Waals surface area contributed by atoms with Crippen LogP contribution in [0.25, 0.3) is 0 Å². The van der Waals surface area contributed by atoms with Crippen molar-refractivity contribution in [2.24, 2.45) is 5.92 Å². The Morgan fingerprint density at radius 2 is 1.73 bits per heavy atom. The molecule has 26 heavy (non-hydrogen) atoms. The van der Waals surface area contributed by atoms with E-state index < -0.39 is 0 Å². The van der Waals surface area contributed by atoms with Gasteiger partial charge in [0.15, 0.2) is 0 Å². The van der Waals surface area contributed by atoms with Crippen LogP contribution in [-0.2, 0) is 11.3 Å². The fourth-order valence-electron chi connectivity index (χ4n) is 3.59. The van der Waals surface area contributed by atoms with Gasteiger partial charge in [-0.2, -0.15) is 0 Å². The zero-order chi connectivity index (χ0) is 18.4. The lowest BCUT2D eigenvalue weighted by Gasteiger charge is -2.36. The fraction of sp³-hybridized carbons (Fsp3) is 0.650. The summed E-state index contributed by atoms with van der Waals surface area (Å²) in [7, 11) is 3.57. The van der Waals surface area contributed by atoms with Crippen molar-refractivity contribution in [3.8, 4) is 0 Å². The molecule has 0 atom stereocenters. The van der Waals surface area contributed by atoms with E-state index in [-0.39, 0.29) is 5.24 Å². The van der Waals surface area contributed by atoms with E-state index in [0.29, 0.717) is 0 Å². The van der Waals surface area contributed by atoms with Gasteiger partial charge >= 0.3 is 0 Å². The van der Waals surface area contributed by atoms with Crippen LogP contribution in [-0.4, -0.2) is 80.0 Å². The molecule has 1 aromatic carbocycles. The molecular formula is C20H31N3O2S. The van der Waals surface area contributed by atoms with Crippen molar-refractivity contribution < 1.29 is 9.53 Å². The number of piperidine rings is 1. The lowest BCUT2D eigenvalue weighted by molar-refractivity contribution is 0.0242. The molecular weight excluding hydrogens is 346 g/mol. The predicted molar refractivity (Wildman–Crippen MR) is 107 cm³/mol. The number of ether oxygens (including phenoxy) is 1. The van der Waals surface area contributed by atoms with Gasteiger partial charge in [0.2, 0.25) is 0 Å². The third-order valence-electron chi connectivity index (χ3n) is 5.23. The molecule has 0 aliphatic carbocycles. The van der Waals surface area contributed by atoms with Crippen LogP contribution in [0.3, 0.4) is 0 Å². The molecule has 0 bridgehead atoms. The second kappa shape index (κ2) is 9.74. The summed E-state index contributed by atoms with van der Waals surface area (Å²) in [5.74, 6) is 0.833. The Bertz CT molecular complexity index is 565. The number of morpholine rings is 1. The summed E-state index contributed by atoms with van der Waals surface area (Å²) in [4.78, 5) is 19.5. The van der Waals surface area contributed by atoms with E-state index in [0.717, 1.165) is 43.7 Å². The molecule has 0 spiro atoms. The summed E-state index contributed by atoms with van der Waals surface area (Å²) in [5.41, 5.74) is 1.33. The van der Waals surface area contributed by atoms with Gasteiger partial charge in [0.1, 0.15) is 0 Å². The molecule has 2 heterocycles. The maximum Gasteiger partial charge on any atom is 0.285 e. The van der Waals surface area contributed by atoms with Gasteiger partial charge in [0, 0.05) is 45.2 Å². The Labute approximate surface area is 161 Å². The van der Waals surface area contributed by atoms with Crippen LogP contribution in [0.15, 0.2) is 29.2 Å². The van der Waals surface area contributed by atoms with E-state index >= 15 is 0 Å². The number of thioether (sulfide) groups is 1. The Morgan fingerprint density at radius 1 is 1.08 bits per heavy atom. The minimum absolute atomic E-state index is 0.0695. The van der Waals surface area contributed by atoms with Gasteiger partial charge < -0.3 is 9.64 Å². The van der Waals surface area contributed by atoms with Crippen molar-refractivity contribution in [2.75, 3.05) is 60.0 Å². The topological polar surface area (TPSA) is 36.0 Å². The van der Waals surface area contributed by atoms with E-state index in [9.17, 15) is 4.79 Å². The fourth-order valence-corrected chi connectivity index (χ4v) is 4.25. The number of nitrogens with zero attached hydrogens (tertiary/aromatic N) is 3. The summed E-state index contributed by atoms with van der Waals surface area (Å²) >= 11 is 1.28. The highest BCUT2D eigenvalue weighted by molar-refractivity contribution is 8.13. The molecule has 144 valence electrons. The number of hydrogen-bond donors (Lipinski definition) is 0. The highest BCUT2D eigenvalue weighted by atomic mass is 32.2. The quantitative estimate of drug-likeness (QED) is 0.737. The van der Waals surface area contributed by atoms with Crippen LogP contribution in [0.5, 0.6) is 0 Å². The molecule has 2 aliphatic rings. The normalized spacial score (nSPS) is 20.2. The van der Waals surface area contributed by atoms with Crippen LogP contribution in [0, 0.1) is 5.92 Å². The minimum atomic E-state index is 0.0695. The summed E-state index contributed by atoms with van der Waals surface area (Å²) in [6.07, 6.45) is 2.59. The Morgan fingerprint density at radius 3 is 2.35 bits per heavy atom. The molecule has 5 nitrogen and oxygen atoms in total. The summed E-state index contributed by atoms with van der Waals surface area (Å²) in [6, 6.07) is 8.44. The zero-order valence-corrected chi connectivity index (χ0v) is 16.8. The number of amides is 1. The van der Waals surface area contributed by atoms with Crippen molar-refractivity contribution in [2.45, 2.75) is 24.3 Å². The van der Waals surface area contributed by atoms with E-state index in [1.54, 1.807) is 19.0 Å². The van der Waals surface area contributed by atoms with Gasteiger partial charge in [0.25, 0.3) is 5.24 Å². The molecule has 0 N–H and O–H groups in total. The van der Waals surface area contributed by atoms with Gasteiger partial charge in [-0.1, -0.05) is 12.1 Å². The number of rotatable bonds is 5. The molecule has 1 aromatic rings. The first-order chi connectivity index (χ1) is 12.6. The summed E-state index contributed by atoms with van der Waals surface area (Å²) in [6.45, 7) is 8.61. The molecule has 2 aliphatic heterocycles.